The van der Waals surface area contributed by atoms with Crippen molar-refractivity contribution in [3.8, 4) is 0 Å². The molecule has 0 aliphatic heterocycles. The number of aliphatic hydroxyl groups is 1. The molecule has 0 bridgehead atoms. The Morgan fingerprint density at radius 2 is 1.78 bits per heavy atom. The van der Waals surface area contributed by atoms with Crippen LogP contribution in [0.4, 0.5) is 5.69 Å². The van der Waals surface area contributed by atoms with Gasteiger partial charge in [0.15, 0.2) is 0 Å². The molecule has 1 aromatic carbocycles. The molecule has 27 heavy (non-hydrogen) atoms. The third kappa shape index (κ3) is 7.82. The number of para-hydroxylation sites is 1. The van der Waals surface area contributed by atoms with Gasteiger partial charge in [0.2, 0.25) is 0 Å². The van der Waals surface area contributed by atoms with Crippen molar-refractivity contribution in [2.75, 3.05) is 45.9 Å². The van der Waals surface area contributed by atoms with Crippen molar-refractivity contribution in [1.82, 2.24) is 0 Å². The summed E-state index contributed by atoms with van der Waals surface area (Å²) in [5.74, 6) is -0.503. The Bertz CT molecular complexity index is 571. The molecule has 0 heterocycles. The van der Waals surface area contributed by atoms with Crippen LogP contribution >= 0.6 is 0 Å². The molecule has 0 aliphatic carbocycles. The number of hydrogen-bond donors (Lipinski definition) is 1. The van der Waals surface area contributed by atoms with Crippen LogP contribution in [0.1, 0.15) is 13.3 Å². The maximum atomic E-state index is 11.5. The molecule has 8 heteroatoms. The second kappa shape index (κ2) is 11.9. The molecule has 0 spiro atoms. The van der Waals surface area contributed by atoms with E-state index < -0.39 is 20.9 Å². The fourth-order valence-corrected chi connectivity index (χ4v) is 4.31. The number of esters is 1. The SMILES string of the molecule is C=C(C)C(=O)OCC(O)CN(CCC[Si](OC)(OC)OC)c1ccccc1. The summed E-state index contributed by atoms with van der Waals surface area (Å²) in [5, 5.41) is 10.3. The zero-order valence-corrected chi connectivity index (χ0v) is 17.6. The van der Waals surface area contributed by atoms with Crippen molar-refractivity contribution in [3.05, 3.63) is 42.5 Å². The predicted octanol–water partition coefficient (Wildman–Crippen LogP) is 2.24. The highest BCUT2D eigenvalue weighted by atomic mass is 28.4. The summed E-state index contributed by atoms with van der Waals surface area (Å²) >= 11 is 0. The minimum Gasteiger partial charge on any atom is -0.460 e. The van der Waals surface area contributed by atoms with Crippen LogP contribution in [0, 0.1) is 0 Å². The lowest BCUT2D eigenvalue weighted by molar-refractivity contribution is -0.141. The van der Waals surface area contributed by atoms with Crippen LogP contribution in [0.5, 0.6) is 0 Å². The van der Waals surface area contributed by atoms with E-state index in [1.807, 2.05) is 35.2 Å². The predicted molar refractivity (Wildman–Crippen MR) is 107 cm³/mol. The summed E-state index contributed by atoms with van der Waals surface area (Å²) in [4.78, 5) is 13.5. The summed E-state index contributed by atoms with van der Waals surface area (Å²) in [6, 6.07) is 10.4. The third-order valence-corrected chi connectivity index (χ3v) is 6.98. The largest absolute Gasteiger partial charge is 0.500 e. The number of benzene rings is 1. The van der Waals surface area contributed by atoms with Gasteiger partial charge in [-0.05, 0) is 25.5 Å². The van der Waals surface area contributed by atoms with Gasteiger partial charge in [-0.2, -0.15) is 0 Å². The molecule has 0 radical (unpaired) electrons. The monoisotopic (exact) mass is 397 g/mol. The highest BCUT2D eigenvalue weighted by Gasteiger charge is 2.37. The van der Waals surface area contributed by atoms with Crippen molar-refractivity contribution < 1.29 is 27.9 Å². The average molecular weight is 398 g/mol. The third-order valence-electron chi connectivity index (χ3n) is 4.15. The van der Waals surface area contributed by atoms with Crippen molar-refractivity contribution in [3.63, 3.8) is 0 Å². The van der Waals surface area contributed by atoms with Crippen LogP contribution in [-0.2, 0) is 22.8 Å². The maximum absolute atomic E-state index is 11.5. The quantitative estimate of drug-likeness (QED) is 0.311. The van der Waals surface area contributed by atoms with Crippen LogP contribution in [0.2, 0.25) is 6.04 Å². The topological polar surface area (TPSA) is 77.5 Å². The number of carbonyl (C=O) groups is 1. The first-order valence-corrected chi connectivity index (χ1v) is 10.8. The number of hydrogen-bond acceptors (Lipinski definition) is 7. The molecule has 1 unspecified atom stereocenters. The Morgan fingerprint density at radius 3 is 2.30 bits per heavy atom. The number of ether oxygens (including phenoxy) is 1. The second-order valence-electron chi connectivity index (χ2n) is 6.21. The highest BCUT2D eigenvalue weighted by Crippen LogP contribution is 2.19. The Morgan fingerprint density at radius 1 is 1.19 bits per heavy atom. The first-order chi connectivity index (χ1) is 12.9. The second-order valence-corrected chi connectivity index (χ2v) is 9.30. The van der Waals surface area contributed by atoms with E-state index in [1.165, 1.54) is 0 Å². The van der Waals surface area contributed by atoms with Gasteiger partial charge in [-0.15, -0.1) is 0 Å². The molecular weight excluding hydrogens is 366 g/mol. The lowest BCUT2D eigenvalue weighted by atomic mass is 10.2. The van der Waals surface area contributed by atoms with Crippen LogP contribution in [0.15, 0.2) is 42.5 Å². The summed E-state index contributed by atoms with van der Waals surface area (Å²) in [5.41, 5.74) is 1.28. The standard InChI is InChI=1S/C19H31NO6Si/c1-16(2)19(22)26-15-18(21)14-20(17-10-7-6-8-11-17)12-9-13-27(23-3,24-4)25-5/h6-8,10-11,18,21H,1,9,12-15H2,2-5H3. The molecule has 0 amide bonds. The summed E-state index contributed by atoms with van der Waals surface area (Å²) in [6.07, 6.45) is -0.0580. The number of aliphatic hydroxyl groups excluding tert-OH is 1. The van der Waals surface area contributed by atoms with E-state index >= 15 is 0 Å². The molecule has 152 valence electrons. The molecule has 0 aliphatic rings. The van der Waals surface area contributed by atoms with Gasteiger partial charge in [0.05, 0.1) is 0 Å². The number of rotatable bonds is 13. The Hall–Kier alpha value is -1.71. The molecule has 7 nitrogen and oxygen atoms in total. The molecule has 1 atom stereocenters. The highest BCUT2D eigenvalue weighted by molar-refractivity contribution is 6.60. The molecule has 0 fully saturated rings. The van der Waals surface area contributed by atoms with Gasteiger partial charge in [0.25, 0.3) is 0 Å². The van der Waals surface area contributed by atoms with E-state index in [4.69, 9.17) is 18.0 Å². The number of carbonyl (C=O) groups excluding carboxylic acids is 1. The molecule has 0 aromatic heterocycles. The fraction of sp³-hybridized carbons (Fsp3) is 0.526. The molecule has 0 saturated carbocycles. The first-order valence-electron chi connectivity index (χ1n) is 8.83. The van der Waals surface area contributed by atoms with Gasteiger partial charge in [0, 0.05) is 51.7 Å². The first kappa shape index (κ1) is 23.3. The van der Waals surface area contributed by atoms with E-state index in [1.54, 1.807) is 28.3 Å². The Labute approximate surface area is 162 Å². The van der Waals surface area contributed by atoms with Gasteiger partial charge in [0.1, 0.15) is 12.7 Å². The smallest absolute Gasteiger partial charge is 0.460 e. The number of anilines is 1. The summed E-state index contributed by atoms with van der Waals surface area (Å²) in [7, 11) is 2.14. The summed E-state index contributed by atoms with van der Waals surface area (Å²) < 4.78 is 21.4. The Kier molecular flexibility index (Phi) is 10.3. The summed E-state index contributed by atoms with van der Waals surface area (Å²) in [6.45, 7) is 6.02. The molecule has 1 rings (SSSR count). The fourth-order valence-electron chi connectivity index (χ4n) is 2.61. The molecular formula is C19H31NO6Si. The van der Waals surface area contributed by atoms with Gasteiger partial charge in [-0.3, -0.25) is 0 Å². The molecule has 1 N–H and O–H groups in total. The van der Waals surface area contributed by atoms with Crippen LogP contribution < -0.4 is 4.90 Å². The lowest BCUT2D eigenvalue weighted by Crippen LogP contribution is -2.44. The van der Waals surface area contributed by atoms with E-state index in [0.717, 1.165) is 12.1 Å². The van der Waals surface area contributed by atoms with E-state index in [2.05, 4.69) is 6.58 Å². The zero-order chi connectivity index (χ0) is 20.3. The zero-order valence-electron chi connectivity index (χ0n) is 16.6. The number of nitrogens with zero attached hydrogens (tertiary/aromatic N) is 1. The van der Waals surface area contributed by atoms with E-state index in [0.29, 0.717) is 24.7 Å². The van der Waals surface area contributed by atoms with Gasteiger partial charge in [-0.1, -0.05) is 24.8 Å². The van der Waals surface area contributed by atoms with E-state index in [-0.39, 0.29) is 6.61 Å². The Balaban J connectivity index is 2.69. The molecule has 1 aromatic rings. The van der Waals surface area contributed by atoms with Gasteiger partial charge >= 0.3 is 14.8 Å². The van der Waals surface area contributed by atoms with Crippen LogP contribution in [0.3, 0.4) is 0 Å². The van der Waals surface area contributed by atoms with Crippen molar-refractivity contribution in [1.29, 1.82) is 0 Å². The normalized spacial score (nSPS) is 12.5. The van der Waals surface area contributed by atoms with Crippen molar-refractivity contribution in [2.24, 2.45) is 0 Å². The van der Waals surface area contributed by atoms with Crippen molar-refractivity contribution in [2.45, 2.75) is 25.5 Å². The molecule has 0 saturated heterocycles. The van der Waals surface area contributed by atoms with E-state index in [9.17, 15) is 9.90 Å². The van der Waals surface area contributed by atoms with Gasteiger partial charge < -0.3 is 28.0 Å². The van der Waals surface area contributed by atoms with Crippen LogP contribution in [-0.4, -0.2) is 67.0 Å². The van der Waals surface area contributed by atoms with Gasteiger partial charge in [-0.25, -0.2) is 4.79 Å². The maximum Gasteiger partial charge on any atom is 0.500 e. The minimum atomic E-state index is -2.64. The minimum absolute atomic E-state index is 0.0814. The lowest BCUT2D eigenvalue weighted by Gasteiger charge is -2.29. The average Bonchev–Trinajstić information content (AvgIpc) is 2.69. The van der Waals surface area contributed by atoms with Crippen molar-refractivity contribution >= 4 is 20.5 Å². The van der Waals surface area contributed by atoms with Crippen LogP contribution in [0.25, 0.3) is 0 Å².